The lowest BCUT2D eigenvalue weighted by Gasteiger charge is -2.09. The van der Waals surface area contributed by atoms with Crippen molar-refractivity contribution in [3.05, 3.63) is 42.0 Å². The van der Waals surface area contributed by atoms with E-state index in [9.17, 15) is 4.79 Å². The zero-order valence-electron chi connectivity index (χ0n) is 11.0. The molecule has 2 atom stereocenters. The lowest BCUT2D eigenvalue weighted by molar-refractivity contribution is 0.0950. The predicted molar refractivity (Wildman–Crippen MR) is 78.0 cm³/mol. The second-order valence-corrected chi connectivity index (χ2v) is 5.27. The number of amides is 1. The molecule has 0 aromatic heterocycles. The molecule has 0 bridgehead atoms. The summed E-state index contributed by atoms with van der Waals surface area (Å²) >= 11 is 0. The van der Waals surface area contributed by atoms with Crippen molar-refractivity contribution in [3.63, 3.8) is 0 Å². The Labute approximate surface area is 112 Å². The molecule has 1 aliphatic carbocycles. The Bertz CT molecular complexity index is 636. The van der Waals surface area contributed by atoms with Crippen molar-refractivity contribution in [2.75, 3.05) is 5.73 Å². The molecule has 0 radical (unpaired) electrons. The van der Waals surface area contributed by atoms with E-state index in [-0.39, 0.29) is 5.91 Å². The highest BCUT2D eigenvalue weighted by Crippen LogP contribution is 2.33. The molecule has 3 heteroatoms. The first-order valence-corrected chi connectivity index (χ1v) is 6.78. The van der Waals surface area contributed by atoms with E-state index in [4.69, 9.17) is 5.73 Å². The van der Waals surface area contributed by atoms with Crippen LogP contribution in [0.5, 0.6) is 0 Å². The van der Waals surface area contributed by atoms with Gasteiger partial charge in [0.1, 0.15) is 0 Å². The van der Waals surface area contributed by atoms with E-state index in [0.29, 0.717) is 23.2 Å². The Hall–Kier alpha value is -2.03. The quantitative estimate of drug-likeness (QED) is 0.827. The average molecular weight is 254 g/mol. The smallest absolute Gasteiger partial charge is 0.253 e. The number of hydrogen-bond acceptors (Lipinski definition) is 2. The third-order valence-electron chi connectivity index (χ3n) is 3.93. The Morgan fingerprint density at radius 3 is 2.63 bits per heavy atom. The lowest BCUT2D eigenvalue weighted by Crippen LogP contribution is -2.27. The second-order valence-electron chi connectivity index (χ2n) is 5.27. The van der Waals surface area contributed by atoms with Crippen LogP contribution in [-0.2, 0) is 0 Å². The summed E-state index contributed by atoms with van der Waals surface area (Å²) in [6, 6.07) is 12.0. The topological polar surface area (TPSA) is 55.1 Å². The number of fused-ring (bicyclic) bond motifs is 1. The van der Waals surface area contributed by atoms with Gasteiger partial charge in [0, 0.05) is 11.7 Å². The SMILES string of the molecule is CCC1CC1NC(=O)c1cc2ccccc2cc1N. The first kappa shape index (κ1) is 12.0. The van der Waals surface area contributed by atoms with E-state index in [0.717, 1.165) is 23.6 Å². The van der Waals surface area contributed by atoms with Crippen molar-refractivity contribution in [2.24, 2.45) is 5.92 Å². The summed E-state index contributed by atoms with van der Waals surface area (Å²) in [6.45, 7) is 2.15. The Kier molecular flexibility index (Phi) is 2.90. The van der Waals surface area contributed by atoms with Crippen LogP contribution in [0.2, 0.25) is 0 Å². The maximum atomic E-state index is 12.2. The summed E-state index contributed by atoms with van der Waals surface area (Å²) in [7, 11) is 0. The fraction of sp³-hybridized carbons (Fsp3) is 0.312. The highest BCUT2D eigenvalue weighted by atomic mass is 16.1. The highest BCUT2D eigenvalue weighted by Gasteiger charge is 2.36. The van der Waals surface area contributed by atoms with Gasteiger partial charge in [0.2, 0.25) is 0 Å². The predicted octanol–water partition coefficient (Wildman–Crippen LogP) is 2.95. The molecule has 2 aromatic rings. The first-order valence-electron chi connectivity index (χ1n) is 6.78. The van der Waals surface area contributed by atoms with Gasteiger partial charge in [-0.25, -0.2) is 0 Å². The number of hydrogen-bond donors (Lipinski definition) is 2. The molecule has 2 aromatic carbocycles. The molecule has 19 heavy (non-hydrogen) atoms. The van der Waals surface area contributed by atoms with Crippen LogP contribution in [0.3, 0.4) is 0 Å². The third-order valence-corrected chi connectivity index (χ3v) is 3.93. The van der Waals surface area contributed by atoms with Crippen molar-refractivity contribution in [2.45, 2.75) is 25.8 Å². The van der Waals surface area contributed by atoms with Crippen LogP contribution in [0.15, 0.2) is 36.4 Å². The van der Waals surface area contributed by atoms with Gasteiger partial charge in [-0.3, -0.25) is 4.79 Å². The monoisotopic (exact) mass is 254 g/mol. The minimum atomic E-state index is -0.0517. The van der Waals surface area contributed by atoms with Crippen molar-refractivity contribution in [1.29, 1.82) is 0 Å². The highest BCUT2D eigenvalue weighted by molar-refractivity contribution is 6.04. The number of benzene rings is 2. The molecule has 0 spiro atoms. The fourth-order valence-electron chi connectivity index (χ4n) is 2.58. The molecule has 3 N–H and O–H groups in total. The third kappa shape index (κ3) is 2.28. The van der Waals surface area contributed by atoms with Gasteiger partial charge in [0.15, 0.2) is 0 Å². The minimum absolute atomic E-state index is 0.0517. The van der Waals surface area contributed by atoms with Crippen molar-refractivity contribution in [3.8, 4) is 0 Å². The van der Waals surface area contributed by atoms with Crippen molar-refractivity contribution < 1.29 is 4.79 Å². The van der Waals surface area contributed by atoms with Crippen LogP contribution in [0.4, 0.5) is 5.69 Å². The maximum absolute atomic E-state index is 12.2. The maximum Gasteiger partial charge on any atom is 0.253 e. The molecule has 3 nitrogen and oxygen atoms in total. The van der Waals surface area contributed by atoms with E-state index in [1.54, 1.807) is 0 Å². The molecule has 1 fully saturated rings. The molecule has 3 rings (SSSR count). The molecule has 2 unspecified atom stereocenters. The molecule has 1 aliphatic rings. The van der Waals surface area contributed by atoms with Crippen LogP contribution < -0.4 is 11.1 Å². The Morgan fingerprint density at radius 2 is 2.00 bits per heavy atom. The van der Waals surface area contributed by atoms with Crippen molar-refractivity contribution in [1.82, 2.24) is 5.32 Å². The zero-order chi connectivity index (χ0) is 13.4. The Morgan fingerprint density at radius 1 is 1.32 bits per heavy atom. The average Bonchev–Trinajstić information content (AvgIpc) is 3.16. The van der Waals surface area contributed by atoms with Gasteiger partial charge in [-0.15, -0.1) is 0 Å². The van der Waals surface area contributed by atoms with Gasteiger partial charge in [0.05, 0.1) is 5.56 Å². The van der Waals surface area contributed by atoms with Crippen LogP contribution in [0, 0.1) is 5.92 Å². The van der Waals surface area contributed by atoms with E-state index in [1.165, 1.54) is 0 Å². The molecule has 0 saturated heterocycles. The van der Waals surface area contributed by atoms with Gasteiger partial charge >= 0.3 is 0 Å². The number of anilines is 1. The van der Waals surface area contributed by atoms with Crippen LogP contribution in [0.25, 0.3) is 10.8 Å². The number of rotatable bonds is 3. The Balaban J connectivity index is 1.87. The molecule has 1 saturated carbocycles. The van der Waals surface area contributed by atoms with Gasteiger partial charge in [-0.2, -0.15) is 0 Å². The number of nitrogens with two attached hydrogens (primary N) is 1. The summed E-state index contributed by atoms with van der Waals surface area (Å²) in [5.74, 6) is 0.592. The fourth-order valence-corrected chi connectivity index (χ4v) is 2.58. The van der Waals surface area contributed by atoms with E-state index < -0.39 is 0 Å². The van der Waals surface area contributed by atoms with Crippen molar-refractivity contribution >= 4 is 22.4 Å². The van der Waals surface area contributed by atoms with Gasteiger partial charge in [-0.1, -0.05) is 37.6 Å². The molecule has 0 heterocycles. The number of carbonyl (C=O) groups is 1. The van der Waals surface area contributed by atoms with Gasteiger partial charge in [0.25, 0.3) is 5.91 Å². The van der Waals surface area contributed by atoms with Crippen LogP contribution >= 0.6 is 0 Å². The molecular weight excluding hydrogens is 236 g/mol. The van der Waals surface area contributed by atoms with Gasteiger partial charge in [-0.05, 0) is 35.2 Å². The van der Waals surface area contributed by atoms with Gasteiger partial charge < -0.3 is 11.1 Å². The zero-order valence-corrected chi connectivity index (χ0v) is 11.0. The molecule has 98 valence electrons. The van der Waals surface area contributed by atoms with Crippen LogP contribution in [0.1, 0.15) is 30.1 Å². The summed E-state index contributed by atoms with van der Waals surface area (Å²) in [5, 5.41) is 5.17. The lowest BCUT2D eigenvalue weighted by atomic mass is 10.0. The summed E-state index contributed by atoms with van der Waals surface area (Å²) in [5.41, 5.74) is 7.12. The second kappa shape index (κ2) is 4.57. The largest absolute Gasteiger partial charge is 0.398 e. The summed E-state index contributed by atoms with van der Waals surface area (Å²) in [6.07, 6.45) is 2.22. The van der Waals surface area contributed by atoms with Crippen LogP contribution in [-0.4, -0.2) is 11.9 Å². The molecule has 1 amide bonds. The number of nitrogens with one attached hydrogen (secondary N) is 1. The standard InChI is InChI=1S/C16H18N2O/c1-2-10-9-15(10)18-16(19)13-7-11-5-3-4-6-12(11)8-14(13)17/h3-8,10,15H,2,9,17H2,1H3,(H,18,19). The summed E-state index contributed by atoms with van der Waals surface area (Å²) in [4.78, 5) is 12.2. The molecule has 0 aliphatic heterocycles. The first-order chi connectivity index (χ1) is 9.19. The van der Waals surface area contributed by atoms with E-state index >= 15 is 0 Å². The van der Waals surface area contributed by atoms with E-state index in [1.807, 2.05) is 36.4 Å². The normalized spacial score (nSPS) is 21.3. The summed E-state index contributed by atoms with van der Waals surface area (Å²) < 4.78 is 0. The minimum Gasteiger partial charge on any atom is -0.398 e. The van der Waals surface area contributed by atoms with E-state index in [2.05, 4.69) is 12.2 Å². The molecular formula is C16H18N2O. The number of nitrogen functional groups attached to an aromatic ring is 1. The number of carbonyl (C=O) groups excluding carboxylic acids is 1.